The van der Waals surface area contributed by atoms with E-state index in [1.165, 1.54) is 0 Å². The molecule has 0 aromatic heterocycles. The second kappa shape index (κ2) is 4.78. The van der Waals surface area contributed by atoms with E-state index < -0.39 is 0 Å². The highest BCUT2D eigenvalue weighted by molar-refractivity contribution is 6.30. The molecule has 0 spiro atoms. The molecule has 0 saturated carbocycles. The molecule has 0 aliphatic rings. The highest BCUT2D eigenvalue weighted by Crippen LogP contribution is 2.25. The normalized spacial score (nSPS) is 15.1. The first-order valence-electron chi connectivity index (χ1n) is 4.57. The summed E-state index contributed by atoms with van der Waals surface area (Å²) in [5.74, 6) is 0. The summed E-state index contributed by atoms with van der Waals surface area (Å²) >= 11 is 5.93. The van der Waals surface area contributed by atoms with Crippen LogP contribution in [0.1, 0.15) is 12.5 Å². The maximum atomic E-state index is 5.93. The standard InChI is InChI=1S/C11H16ClNO/c1-11(7-13,8-14-2)9-4-3-5-10(12)6-9/h3-6H,7-8,13H2,1-2H3. The van der Waals surface area contributed by atoms with Crippen LogP contribution in [-0.4, -0.2) is 20.3 Å². The molecule has 2 N–H and O–H groups in total. The van der Waals surface area contributed by atoms with Crippen molar-refractivity contribution < 1.29 is 4.74 Å². The van der Waals surface area contributed by atoms with E-state index in [-0.39, 0.29) is 5.41 Å². The predicted octanol–water partition coefficient (Wildman–Crippen LogP) is 2.20. The number of nitrogens with two attached hydrogens (primary N) is 1. The molecule has 1 aromatic carbocycles. The van der Waals surface area contributed by atoms with Crippen LogP contribution in [0.4, 0.5) is 0 Å². The molecule has 2 nitrogen and oxygen atoms in total. The number of hydrogen-bond acceptors (Lipinski definition) is 2. The van der Waals surface area contributed by atoms with E-state index in [0.717, 1.165) is 10.6 Å². The van der Waals surface area contributed by atoms with Crippen LogP contribution < -0.4 is 5.73 Å². The summed E-state index contributed by atoms with van der Waals surface area (Å²) in [7, 11) is 1.68. The summed E-state index contributed by atoms with van der Waals surface area (Å²) in [6, 6.07) is 7.75. The molecule has 0 saturated heterocycles. The fourth-order valence-corrected chi connectivity index (χ4v) is 1.63. The first-order chi connectivity index (χ1) is 6.62. The van der Waals surface area contributed by atoms with Gasteiger partial charge >= 0.3 is 0 Å². The fraction of sp³-hybridized carbons (Fsp3) is 0.455. The molecule has 0 fully saturated rings. The van der Waals surface area contributed by atoms with E-state index in [4.69, 9.17) is 22.1 Å². The zero-order chi connectivity index (χ0) is 10.6. The van der Waals surface area contributed by atoms with Crippen molar-refractivity contribution in [3.63, 3.8) is 0 Å². The van der Waals surface area contributed by atoms with Crippen molar-refractivity contribution >= 4 is 11.6 Å². The van der Waals surface area contributed by atoms with E-state index in [2.05, 4.69) is 6.92 Å². The first kappa shape index (κ1) is 11.5. The Morgan fingerprint density at radius 3 is 2.71 bits per heavy atom. The van der Waals surface area contributed by atoms with Gasteiger partial charge in [0, 0.05) is 24.1 Å². The minimum Gasteiger partial charge on any atom is -0.384 e. The fourth-order valence-electron chi connectivity index (χ4n) is 1.44. The number of methoxy groups -OCH3 is 1. The Hall–Kier alpha value is -0.570. The van der Waals surface area contributed by atoms with Gasteiger partial charge in [-0.25, -0.2) is 0 Å². The minimum atomic E-state index is -0.153. The average molecular weight is 214 g/mol. The molecule has 1 aromatic rings. The zero-order valence-electron chi connectivity index (χ0n) is 8.59. The molecule has 0 bridgehead atoms. The van der Waals surface area contributed by atoms with Gasteiger partial charge in [-0.1, -0.05) is 30.7 Å². The second-order valence-corrected chi connectivity index (χ2v) is 4.14. The van der Waals surface area contributed by atoms with E-state index >= 15 is 0 Å². The molecule has 3 heteroatoms. The summed E-state index contributed by atoms with van der Waals surface area (Å²) in [4.78, 5) is 0. The Labute approximate surface area is 90.0 Å². The van der Waals surface area contributed by atoms with Gasteiger partial charge < -0.3 is 10.5 Å². The zero-order valence-corrected chi connectivity index (χ0v) is 9.34. The SMILES string of the molecule is COCC(C)(CN)c1cccc(Cl)c1. The number of benzene rings is 1. The third kappa shape index (κ3) is 2.47. The maximum absolute atomic E-state index is 5.93. The van der Waals surface area contributed by atoms with Gasteiger partial charge in [-0.3, -0.25) is 0 Å². The molecular formula is C11H16ClNO. The smallest absolute Gasteiger partial charge is 0.0568 e. The van der Waals surface area contributed by atoms with Gasteiger partial charge in [-0.2, -0.15) is 0 Å². The lowest BCUT2D eigenvalue weighted by Gasteiger charge is -2.27. The van der Waals surface area contributed by atoms with Crippen LogP contribution in [0.3, 0.4) is 0 Å². The van der Waals surface area contributed by atoms with Crippen molar-refractivity contribution in [2.45, 2.75) is 12.3 Å². The van der Waals surface area contributed by atoms with Crippen LogP contribution in [-0.2, 0) is 10.2 Å². The second-order valence-electron chi connectivity index (χ2n) is 3.71. The molecule has 1 atom stereocenters. The van der Waals surface area contributed by atoms with Crippen molar-refractivity contribution in [3.8, 4) is 0 Å². The average Bonchev–Trinajstić information content (AvgIpc) is 2.18. The number of hydrogen-bond donors (Lipinski definition) is 1. The summed E-state index contributed by atoms with van der Waals surface area (Å²) in [5.41, 5.74) is 6.72. The Bertz CT molecular complexity index is 303. The molecule has 78 valence electrons. The molecule has 1 unspecified atom stereocenters. The van der Waals surface area contributed by atoms with Crippen LogP contribution in [0.15, 0.2) is 24.3 Å². The third-order valence-corrected chi connectivity index (χ3v) is 2.67. The van der Waals surface area contributed by atoms with Crippen LogP contribution in [0.2, 0.25) is 5.02 Å². The monoisotopic (exact) mass is 213 g/mol. The van der Waals surface area contributed by atoms with Crippen molar-refractivity contribution in [1.29, 1.82) is 0 Å². The summed E-state index contributed by atoms with van der Waals surface area (Å²) < 4.78 is 5.17. The Morgan fingerprint density at radius 1 is 1.50 bits per heavy atom. The molecule has 0 radical (unpaired) electrons. The highest BCUT2D eigenvalue weighted by Gasteiger charge is 2.24. The Kier molecular flexibility index (Phi) is 3.93. The summed E-state index contributed by atoms with van der Waals surface area (Å²) in [6.07, 6.45) is 0. The van der Waals surface area contributed by atoms with Gasteiger partial charge in [0.15, 0.2) is 0 Å². The number of ether oxygens (including phenoxy) is 1. The molecular weight excluding hydrogens is 198 g/mol. The lowest BCUT2D eigenvalue weighted by atomic mass is 9.83. The lowest BCUT2D eigenvalue weighted by Crippen LogP contribution is -2.36. The van der Waals surface area contributed by atoms with Crippen molar-refractivity contribution in [3.05, 3.63) is 34.9 Å². The van der Waals surface area contributed by atoms with Gasteiger partial charge in [-0.05, 0) is 17.7 Å². The van der Waals surface area contributed by atoms with Crippen molar-refractivity contribution in [2.75, 3.05) is 20.3 Å². The van der Waals surface area contributed by atoms with Gasteiger partial charge in [0.2, 0.25) is 0 Å². The van der Waals surface area contributed by atoms with Gasteiger partial charge in [0.05, 0.1) is 6.61 Å². The van der Waals surface area contributed by atoms with Crippen LogP contribution in [0, 0.1) is 0 Å². The largest absolute Gasteiger partial charge is 0.384 e. The number of halogens is 1. The molecule has 0 heterocycles. The van der Waals surface area contributed by atoms with E-state index in [9.17, 15) is 0 Å². The molecule has 14 heavy (non-hydrogen) atoms. The van der Waals surface area contributed by atoms with Crippen LogP contribution >= 0.6 is 11.6 Å². The molecule has 0 amide bonds. The van der Waals surface area contributed by atoms with Crippen molar-refractivity contribution in [2.24, 2.45) is 5.73 Å². The first-order valence-corrected chi connectivity index (χ1v) is 4.95. The lowest BCUT2D eigenvalue weighted by molar-refractivity contribution is 0.141. The van der Waals surface area contributed by atoms with Crippen LogP contribution in [0.5, 0.6) is 0 Å². The minimum absolute atomic E-state index is 0.153. The topological polar surface area (TPSA) is 35.2 Å². The molecule has 0 aliphatic carbocycles. The molecule has 1 rings (SSSR count). The summed E-state index contributed by atoms with van der Waals surface area (Å²) in [6.45, 7) is 3.22. The molecule has 0 aliphatic heterocycles. The van der Waals surface area contributed by atoms with Gasteiger partial charge in [0.25, 0.3) is 0 Å². The van der Waals surface area contributed by atoms with E-state index in [0.29, 0.717) is 13.2 Å². The van der Waals surface area contributed by atoms with Crippen LogP contribution in [0.25, 0.3) is 0 Å². The van der Waals surface area contributed by atoms with E-state index in [1.54, 1.807) is 7.11 Å². The quantitative estimate of drug-likeness (QED) is 0.833. The summed E-state index contributed by atoms with van der Waals surface area (Å²) in [5, 5.41) is 0.735. The third-order valence-electron chi connectivity index (χ3n) is 2.43. The number of rotatable bonds is 4. The Balaban J connectivity index is 2.99. The maximum Gasteiger partial charge on any atom is 0.0568 e. The van der Waals surface area contributed by atoms with Gasteiger partial charge in [-0.15, -0.1) is 0 Å². The van der Waals surface area contributed by atoms with Crippen molar-refractivity contribution in [1.82, 2.24) is 0 Å². The van der Waals surface area contributed by atoms with Gasteiger partial charge in [0.1, 0.15) is 0 Å². The highest BCUT2D eigenvalue weighted by atomic mass is 35.5. The Morgan fingerprint density at radius 2 is 2.21 bits per heavy atom. The predicted molar refractivity (Wildman–Crippen MR) is 59.7 cm³/mol. The van der Waals surface area contributed by atoms with E-state index in [1.807, 2.05) is 24.3 Å².